The van der Waals surface area contributed by atoms with Gasteiger partial charge in [0.05, 0.1) is 33.1 Å². The van der Waals surface area contributed by atoms with Crippen molar-refractivity contribution < 1.29 is 4.42 Å². The van der Waals surface area contributed by atoms with Crippen LogP contribution in [-0.4, -0.2) is 29.9 Å². The zero-order valence-electron chi connectivity index (χ0n) is 31.9. The minimum atomic E-state index is 0.577. The lowest BCUT2D eigenvalue weighted by atomic mass is 10.00. The van der Waals surface area contributed by atoms with E-state index >= 15 is 0 Å². The van der Waals surface area contributed by atoms with E-state index in [0.717, 1.165) is 111 Å². The summed E-state index contributed by atoms with van der Waals surface area (Å²) in [7, 11) is 0. The molecule has 0 amide bonds. The first-order chi connectivity index (χ1) is 29.7. The Kier molecular flexibility index (Phi) is 7.67. The van der Waals surface area contributed by atoms with Gasteiger partial charge in [-0.05, 0) is 124 Å². The zero-order chi connectivity index (χ0) is 39.6. The van der Waals surface area contributed by atoms with Crippen LogP contribution >= 0.6 is 0 Å². The smallest absolute Gasteiger partial charge is 0.230 e. The van der Waals surface area contributed by atoms with Crippen molar-refractivity contribution in [2.24, 2.45) is 0 Å². The van der Waals surface area contributed by atoms with Gasteiger partial charge in [-0.3, -0.25) is 19.9 Å². The van der Waals surface area contributed by atoms with E-state index in [1.807, 2.05) is 54.9 Å². The summed E-state index contributed by atoms with van der Waals surface area (Å²) >= 11 is 0. The molecule has 6 aromatic heterocycles. The lowest BCUT2D eigenvalue weighted by Gasteiger charge is -2.26. The maximum absolute atomic E-state index is 6.09. The van der Waals surface area contributed by atoms with E-state index in [2.05, 4.69) is 145 Å². The average Bonchev–Trinajstić information content (AvgIpc) is 3.70. The fraction of sp³-hybridized carbons (Fsp3) is 0. The van der Waals surface area contributed by atoms with Crippen LogP contribution in [0.2, 0.25) is 0 Å². The third-order valence-electron chi connectivity index (χ3n) is 11.3. The Hall–Kier alpha value is -8.36. The zero-order valence-corrected chi connectivity index (χ0v) is 31.9. The van der Waals surface area contributed by atoms with Crippen molar-refractivity contribution in [3.8, 4) is 33.5 Å². The van der Waals surface area contributed by atoms with Gasteiger partial charge in [-0.1, -0.05) is 66.7 Å². The molecule has 8 nitrogen and oxygen atoms in total. The molecule has 0 radical (unpaired) electrons. The Morgan fingerprint density at radius 1 is 0.383 bits per heavy atom. The number of hydrogen-bond donors (Lipinski definition) is 0. The van der Waals surface area contributed by atoms with Crippen LogP contribution in [-0.2, 0) is 0 Å². The molecule has 12 aromatic rings. The van der Waals surface area contributed by atoms with E-state index in [1.165, 1.54) is 0 Å². The fourth-order valence-corrected chi connectivity index (χ4v) is 8.32. The molecule has 0 N–H and O–H groups in total. The Balaban J connectivity index is 0.955. The summed E-state index contributed by atoms with van der Waals surface area (Å²) < 4.78 is 6.09. The number of hydrogen-bond acceptors (Lipinski definition) is 8. The molecule has 12 rings (SSSR count). The van der Waals surface area contributed by atoms with Crippen LogP contribution in [0.5, 0.6) is 0 Å². The first-order valence-electron chi connectivity index (χ1n) is 19.7. The van der Waals surface area contributed by atoms with E-state index in [0.29, 0.717) is 5.71 Å². The molecule has 6 aromatic carbocycles. The molecule has 0 fully saturated rings. The van der Waals surface area contributed by atoms with Gasteiger partial charge in [0.2, 0.25) is 5.71 Å². The molecule has 0 unspecified atom stereocenters. The molecule has 8 heteroatoms. The summed E-state index contributed by atoms with van der Waals surface area (Å²) in [6.45, 7) is 0. The van der Waals surface area contributed by atoms with Gasteiger partial charge in [-0.2, -0.15) is 0 Å². The molecule has 0 saturated heterocycles. The summed E-state index contributed by atoms with van der Waals surface area (Å²) in [5.74, 6) is 0. The van der Waals surface area contributed by atoms with Gasteiger partial charge in [0.25, 0.3) is 0 Å². The minimum Gasteiger partial charge on any atom is -0.438 e. The van der Waals surface area contributed by atoms with Crippen LogP contribution in [0.3, 0.4) is 0 Å². The van der Waals surface area contributed by atoms with Gasteiger partial charge in [-0.15, -0.1) is 0 Å². The highest BCUT2D eigenvalue weighted by Crippen LogP contribution is 2.41. The first kappa shape index (κ1) is 33.7. The quantitative estimate of drug-likeness (QED) is 0.165. The third-order valence-corrected chi connectivity index (χ3v) is 11.3. The van der Waals surface area contributed by atoms with Gasteiger partial charge in [0, 0.05) is 63.9 Å². The summed E-state index contributed by atoms with van der Waals surface area (Å²) in [5, 5.41) is 6.43. The monoisotopic (exact) mass is 769 g/mol. The molecule has 0 aliphatic heterocycles. The Labute approximate surface area is 343 Å². The lowest BCUT2D eigenvalue weighted by Crippen LogP contribution is -2.10. The SMILES string of the molecule is c1cnc2cc(-c3ccc4cc(N(c5ccc(-c6ncnc7oc8ccccc8c67)cc5)c5ccc6cc(-c7cnc8cccnc8c7)ccc6c5)ccc4c3)cnc2c1. The van der Waals surface area contributed by atoms with Crippen molar-refractivity contribution in [1.29, 1.82) is 0 Å². The highest BCUT2D eigenvalue weighted by molar-refractivity contribution is 6.10. The predicted molar refractivity (Wildman–Crippen MR) is 242 cm³/mol. The molecule has 0 atom stereocenters. The van der Waals surface area contributed by atoms with Crippen LogP contribution in [0, 0.1) is 0 Å². The Morgan fingerprint density at radius 3 is 1.57 bits per heavy atom. The number of aromatic nitrogens is 6. The molecule has 0 bridgehead atoms. The second-order valence-electron chi connectivity index (χ2n) is 14.9. The maximum Gasteiger partial charge on any atom is 0.230 e. The highest BCUT2D eigenvalue weighted by atomic mass is 16.3. The molecule has 0 aliphatic rings. The van der Waals surface area contributed by atoms with E-state index in [1.54, 1.807) is 18.7 Å². The van der Waals surface area contributed by atoms with Gasteiger partial charge in [0.1, 0.15) is 11.9 Å². The molecule has 0 saturated carbocycles. The minimum absolute atomic E-state index is 0.577. The second-order valence-corrected chi connectivity index (χ2v) is 14.9. The summed E-state index contributed by atoms with van der Waals surface area (Å²) in [6, 6.07) is 55.0. The molecule has 0 spiro atoms. The number of pyridine rings is 4. The number of benzene rings is 6. The van der Waals surface area contributed by atoms with E-state index < -0.39 is 0 Å². The molecule has 6 heterocycles. The van der Waals surface area contributed by atoms with Crippen molar-refractivity contribution in [3.05, 3.63) is 189 Å². The van der Waals surface area contributed by atoms with E-state index in [-0.39, 0.29) is 0 Å². The van der Waals surface area contributed by atoms with Gasteiger partial charge < -0.3 is 9.32 Å². The van der Waals surface area contributed by atoms with Crippen LogP contribution < -0.4 is 4.90 Å². The second kappa shape index (κ2) is 13.6. The Bertz CT molecular complexity index is 3480. The topological polar surface area (TPSA) is 93.7 Å². The maximum atomic E-state index is 6.09. The summed E-state index contributed by atoms with van der Waals surface area (Å²) in [5.41, 5.74) is 14.0. The number of para-hydroxylation sites is 1. The van der Waals surface area contributed by atoms with Crippen LogP contribution in [0.1, 0.15) is 0 Å². The first-order valence-corrected chi connectivity index (χ1v) is 19.7. The molecule has 280 valence electrons. The number of anilines is 3. The molecule has 0 aliphatic carbocycles. The fourth-order valence-electron chi connectivity index (χ4n) is 8.32. The normalized spacial score (nSPS) is 11.7. The predicted octanol–water partition coefficient (Wildman–Crippen LogP) is 13.0. The Morgan fingerprint density at radius 2 is 0.933 bits per heavy atom. The van der Waals surface area contributed by atoms with Crippen LogP contribution in [0.25, 0.3) is 99.2 Å². The summed E-state index contributed by atoms with van der Waals surface area (Å²) in [6.07, 6.45) is 9.03. The van der Waals surface area contributed by atoms with Crippen molar-refractivity contribution in [2.45, 2.75) is 0 Å². The van der Waals surface area contributed by atoms with Crippen LogP contribution in [0.15, 0.2) is 193 Å². The lowest BCUT2D eigenvalue weighted by molar-refractivity contribution is 0.653. The summed E-state index contributed by atoms with van der Waals surface area (Å²) in [4.78, 5) is 29.9. The van der Waals surface area contributed by atoms with Crippen molar-refractivity contribution >= 4 is 82.7 Å². The number of rotatable bonds is 6. The number of furan rings is 1. The van der Waals surface area contributed by atoms with Gasteiger partial charge in [-0.25, -0.2) is 9.97 Å². The number of nitrogens with zero attached hydrogens (tertiary/aromatic N) is 7. The van der Waals surface area contributed by atoms with E-state index in [9.17, 15) is 0 Å². The largest absolute Gasteiger partial charge is 0.438 e. The van der Waals surface area contributed by atoms with Gasteiger partial charge in [0.15, 0.2) is 0 Å². The van der Waals surface area contributed by atoms with E-state index in [4.69, 9.17) is 9.40 Å². The highest BCUT2D eigenvalue weighted by Gasteiger charge is 2.18. The van der Waals surface area contributed by atoms with Gasteiger partial charge >= 0.3 is 0 Å². The average molecular weight is 770 g/mol. The standard InChI is InChI=1S/C52H31N7O/c1-2-8-49-44(5-1)50-51(57-31-58-52(50)60-49)32-13-17-41(18-14-32)59(42-19-15-33-23-35(9-11-37(33)25-42)39-27-47-45(55-29-39)6-3-21-53-47)43-20-16-34-24-36(10-12-38(34)26-43)40-28-48-46(56-30-40)7-4-22-54-48/h1-31H. The molecular formula is C52H31N7O. The van der Waals surface area contributed by atoms with Crippen molar-refractivity contribution in [3.63, 3.8) is 0 Å². The molecular weight excluding hydrogens is 739 g/mol. The van der Waals surface area contributed by atoms with Crippen LogP contribution in [0.4, 0.5) is 17.1 Å². The third kappa shape index (κ3) is 5.77. The number of fused-ring (bicyclic) bond motifs is 7. The van der Waals surface area contributed by atoms with Crippen molar-refractivity contribution in [1.82, 2.24) is 29.9 Å². The van der Waals surface area contributed by atoms with Crippen molar-refractivity contribution in [2.75, 3.05) is 4.90 Å². The molecule has 60 heavy (non-hydrogen) atoms.